The third-order valence-corrected chi connectivity index (χ3v) is 8.23. The van der Waals surface area contributed by atoms with E-state index < -0.39 is 11.6 Å². The summed E-state index contributed by atoms with van der Waals surface area (Å²) in [5, 5.41) is 0. The fourth-order valence-electron chi connectivity index (χ4n) is 6.37. The van der Waals surface area contributed by atoms with E-state index in [1.54, 1.807) is 13.0 Å². The van der Waals surface area contributed by atoms with E-state index in [4.69, 9.17) is 4.74 Å². The Morgan fingerprint density at radius 3 is 2.30 bits per heavy atom. The third-order valence-electron chi connectivity index (χ3n) is 8.23. The van der Waals surface area contributed by atoms with E-state index in [1.807, 2.05) is 12.1 Å². The van der Waals surface area contributed by atoms with Crippen molar-refractivity contribution in [1.29, 1.82) is 0 Å². The predicted molar refractivity (Wildman–Crippen MR) is 133 cm³/mol. The zero-order chi connectivity index (χ0) is 23.2. The molecular weight excluding hydrogens is 414 g/mol. The number of rotatable bonds is 9. The molecule has 0 saturated heterocycles. The first-order valence-corrected chi connectivity index (χ1v) is 13.3. The summed E-state index contributed by atoms with van der Waals surface area (Å²) >= 11 is 0. The molecule has 2 aliphatic rings. The molecule has 4 unspecified atom stereocenters. The summed E-state index contributed by atoms with van der Waals surface area (Å²) < 4.78 is 34.1. The highest BCUT2D eigenvalue weighted by Crippen LogP contribution is 2.48. The van der Waals surface area contributed by atoms with E-state index in [0.717, 1.165) is 23.3 Å². The Balaban J connectivity index is 1.35. The summed E-state index contributed by atoms with van der Waals surface area (Å²) in [6.45, 7) is 4.36. The topological polar surface area (TPSA) is 9.23 Å². The van der Waals surface area contributed by atoms with Crippen LogP contribution in [-0.2, 0) is 0 Å². The zero-order valence-electron chi connectivity index (χ0n) is 20.4. The van der Waals surface area contributed by atoms with Gasteiger partial charge < -0.3 is 4.74 Å². The minimum Gasteiger partial charge on any atom is -0.491 e. The number of unbranched alkanes of at least 4 members (excludes halogenated alkanes) is 3. The maximum absolute atomic E-state index is 14.6. The van der Waals surface area contributed by atoms with Gasteiger partial charge in [-0.1, -0.05) is 69.7 Å². The Morgan fingerprint density at radius 1 is 0.788 bits per heavy atom. The first-order valence-electron chi connectivity index (χ1n) is 13.3. The van der Waals surface area contributed by atoms with Crippen LogP contribution in [0.3, 0.4) is 0 Å². The second kappa shape index (κ2) is 11.5. The van der Waals surface area contributed by atoms with Gasteiger partial charge in [0.25, 0.3) is 0 Å². The van der Waals surface area contributed by atoms with Gasteiger partial charge in [0.05, 0.1) is 6.61 Å². The van der Waals surface area contributed by atoms with Gasteiger partial charge in [-0.25, -0.2) is 4.39 Å². The first kappa shape index (κ1) is 24.2. The number of hydrogen-bond acceptors (Lipinski definition) is 1. The summed E-state index contributed by atoms with van der Waals surface area (Å²) in [5.74, 6) is 1.59. The number of fused-ring (bicyclic) bond motifs is 1. The molecule has 2 aromatic rings. The molecule has 4 atom stereocenters. The standard InChI is InChI=1S/C30H40F2O/c1-3-5-6-7-8-21-9-10-26-20-25(16-15-24(26)19-21)22-11-13-23(14-12-22)27-17-18-28(33-4-2)30(32)29(27)31/h11-14,17-18,21,24-26H,3-10,15-16,19-20H2,1-2H3. The molecule has 0 aliphatic heterocycles. The first-order chi connectivity index (χ1) is 16.1. The van der Waals surface area contributed by atoms with Crippen LogP contribution in [0.15, 0.2) is 36.4 Å². The van der Waals surface area contributed by atoms with Gasteiger partial charge in [-0.3, -0.25) is 0 Å². The highest BCUT2D eigenvalue weighted by molar-refractivity contribution is 5.65. The van der Waals surface area contributed by atoms with Crippen LogP contribution >= 0.6 is 0 Å². The van der Waals surface area contributed by atoms with Gasteiger partial charge in [0, 0.05) is 5.56 Å². The minimum absolute atomic E-state index is 0.0252. The molecule has 0 aromatic heterocycles. The van der Waals surface area contributed by atoms with Crippen molar-refractivity contribution in [3.8, 4) is 16.9 Å². The molecule has 0 radical (unpaired) electrons. The summed E-state index contributed by atoms with van der Waals surface area (Å²) in [5.41, 5.74) is 2.37. The van der Waals surface area contributed by atoms with Gasteiger partial charge in [0.2, 0.25) is 5.82 Å². The molecule has 3 heteroatoms. The third kappa shape index (κ3) is 5.78. The largest absolute Gasteiger partial charge is 0.491 e. The van der Waals surface area contributed by atoms with Gasteiger partial charge in [-0.05, 0) is 86.0 Å². The van der Waals surface area contributed by atoms with Crippen molar-refractivity contribution in [2.75, 3.05) is 6.61 Å². The van der Waals surface area contributed by atoms with Crippen molar-refractivity contribution >= 4 is 0 Å². The van der Waals surface area contributed by atoms with Crippen LogP contribution in [-0.4, -0.2) is 6.61 Å². The average molecular weight is 455 g/mol. The molecule has 0 amide bonds. The van der Waals surface area contributed by atoms with Crippen LogP contribution in [0.2, 0.25) is 0 Å². The zero-order valence-corrected chi connectivity index (χ0v) is 20.4. The maximum atomic E-state index is 14.6. The van der Waals surface area contributed by atoms with Crippen molar-refractivity contribution in [2.24, 2.45) is 17.8 Å². The molecule has 0 heterocycles. The number of benzene rings is 2. The van der Waals surface area contributed by atoms with Crippen molar-refractivity contribution in [3.05, 3.63) is 53.6 Å². The molecule has 0 spiro atoms. The van der Waals surface area contributed by atoms with E-state index in [-0.39, 0.29) is 5.75 Å². The normalized spacial score (nSPS) is 25.0. The molecule has 2 aliphatic carbocycles. The van der Waals surface area contributed by atoms with Gasteiger partial charge in [0.15, 0.2) is 11.6 Å². The lowest BCUT2D eigenvalue weighted by molar-refractivity contribution is 0.113. The van der Waals surface area contributed by atoms with Crippen LogP contribution < -0.4 is 4.74 Å². The quantitative estimate of drug-likeness (QED) is 0.343. The summed E-state index contributed by atoms with van der Waals surface area (Å²) in [6.07, 6.45) is 15.1. The van der Waals surface area contributed by atoms with Crippen LogP contribution in [0.5, 0.6) is 5.75 Å². The van der Waals surface area contributed by atoms with Gasteiger partial charge in [-0.2, -0.15) is 4.39 Å². The molecule has 2 aromatic carbocycles. The van der Waals surface area contributed by atoms with E-state index in [0.29, 0.717) is 18.1 Å². The average Bonchev–Trinajstić information content (AvgIpc) is 2.85. The smallest absolute Gasteiger partial charge is 0.201 e. The Bertz CT molecular complexity index is 891. The molecule has 4 rings (SSSR count). The Kier molecular flexibility index (Phi) is 8.44. The number of halogens is 2. The van der Waals surface area contributed by atoms with Gasteiger partial charge in [-0.15, -0.1) is 0 Å². The highest BCUT2D eigenvalue weighted by atomic mass is 19.2. The van der Waals surface area contributed by atoms with Crippen LogP contribution in [0.4, 0.5) is 8.78 Å². The number of hydrogen-bond donors (Lipinski definition) is 0. The monoisotopic (exact) mass is 454 g/mol. The minimum atomic E-state index is -0.905. The van der Waals surface area contributed by atoms with Crippen molar-refractivity contribution in [2.45, 2.75) is 90.4 Å². The van der Waals surface area contributed by atoms with Crippen LogP contribution in [0.1, 0.15) is 96.0 Å². The van der Waals surface area contributed by atoms with E-state index in [2.05, 4.69) is 19.1 Å². The van der Waals surface area contributed by atoms with Gasteiger partial charge >= 0.3 is 0 Å². The number of ether oxygens (including phenoxy) is 1. The fourth-order valence-corrected chi connectivity index (χ4v) is 6.37. The lowest BCUT2D eigenvalue weighted by Gasteiger charge is -2.42. The molecule has 2 saturated carbocycles. The molecule has 180 valence electrons. The van der Waals surface area contributed by atoms with E-state index in [9.17, 15) is 8.78 Å². The maximum Gasteiger partial charge on any atom is 0.201 e. The molecule has 1 nitrogen and oxygen atoms in total. The second-order valence-corrected chi connectivity index (χ2v) is 10.4. The second-order valence-electron chi connectivity index (χ2n) is 10.4. The molecule has 0 bridgehead atoms. The van der Waals surface area contributed by atoms with Gasteiger partial charge in [0.1, 0.15) is 0 Å². The molecular formula is C30H40F2O. The highest BCUT2D eigenvalue weighted by Gasteiger charge is 2.35. The Morgan fingerprint density at radius 2 is 1.55 bits per heavy atom. The van der Waals surface area contributed by atoms with Crippen molar-refractivity contribution in [1.82, 2.24) is 0 Å². The van der Waals surface area contributed by atoms with Crippen LogP contribution in [0, 0.1) is 29.4 Å². The summed E-state index contributed by atoms with van der Waals surface area (Å²) in [7, 11) is 0. The molecule has 2 fully saturated rings. The SMILES string of the molecule is CCCCCCC1CCC2CC(c3ccc(-c4ccc(OCC)c(F)c4F)cc3)CCC2C1. The lowest BCUT2D eigenvalue weighted by atomic mass is 9.63. The van der Waals surface area contributed by atoms with Crippen LogP contribution in [0.25, 0.3) is 11.1 Å². The molecule has 0 N–H and O–H groups in total. The van der Waals surface area contributed by atoms with E-state index in [1.165, 1.54) is 82.3 Å². The Labute approximate surface area is 198 Å². The van der Waals surface area contributed by atoms with Crippen molar-refractivity contribution < 1.29 is 13.5 Å². The predicted octanol–water partition coefficient (Wildman–Crippen LogP) is 9.30. The Hall–Kier alpha value is -1.90. The fraction of sp³-hybridized carbons (Fsp3) is 0.600. The summed E-state index contributed by atoms with van der Waals surface area (Å²) in [6, 6.07) is 11.3. The summed E-state index contributed by atoms with van der Waals surface area (Å²) in [4.78, 5) is 0. The van der Waals surface area contributed by atoms with E-state index >= 15 is 0 Å². The van der Waals surface area contributed by atoms with Crippen molar-refractivity contribution in [3.63, 3.8) is 0 Å². The lowest BCUT2D eigenvalue weighted by Crippen LogP contribution is -2.30. The molecule has 33 heavy (non-hydrogen) atoms.